The number of nitrogens with zero attached hydrogens (tertiary/aromatic N) is 1. The van der Waals surface area contributed by atoms with E-state index >= 15 is 0 Å². The molecule has 31 heavy (non-hydrogen) atoms. The highest BCUT2D eigenvalue weighted by Crippen LogP contribution is 2.43. The van der Waals surface area contributed by atoms with Crippen molar-refractivity contribution < 1.29 is 18.6 Å². The predicted molar refractivity (Wildman–Crippen MR) is 123 cm³/mol. The van der Waals surface area contributed by atoms with Gasteiger partial charge in [-0.2, -0.15) is 0 Å². The molecule has 6 heteroatoms. The standard InChI is InChI=1S/C25H31NO5/c1-6-26(7-2)15-14-19(17-8-10-18(28-3)11-9-17)24-22(30-5)16-21(29-4)20-12-13-23(27)31-25(20)24/h8-13,16,19H,6-7,14-15H2,1-5H3/t19-/m1/s1. The Labute approximate surface area is 183 Å². The summed E-state index contributed by atoms with van der Waals surface area (Å²) in [6, 6.07) is 13.1. The van der Waals surface area contributed by atoms with Crippen LogP contribution < -0.4 is 19.8 Å². The van der Waals surface area contributed by atoms with E-state index in [-0.39, 0.29) is 5.92 Å². The van der Waals surface area contributed by atoms with Crippen LogP contribution in [0.5, 0.6) is 17.2 Å². The van der Waals surface area contributed by atoms with Crippen molar-refractivity contribution in [3.05, 3.63) is 64.0 Å². The van der Waals surface area contributed by atoms with E-state index in [1.165, 1.54) is 6.07 Å². The minimum absolute atomic E-state index is 0.0413. The van der Waals surface area contributed by atoms with Crippen LogP contribution in [0.4, 0.5) is 0 Å². The maximum absolute atomic E-state index is 12.2. The van der Waals surface area contributed by atoms with Gasteiger partial charge in [-0.15, -0.1) is 0 Å². The van der Waals surface area contributed by atoms with Crippen molar-refractivity contribution >= 4 is 11.0 Å². The monoisotopic (exact) mass is 425 g/mol. The maximum atomic E-state index is 12.2. The minimum atomic E-state index is -0.402. The Hall–Kier alpha value is -2.99. The van der Waals surface area contributed by atoms with E-state index in [9.17, 15) is 4.79 Å². The Morgan fingerprint density at radius 1 is 0.903 bits per heavy atom. The first-order valence-electron chi connectivity index (χ1n) is 10.6. The van der Waals surface area contributed by atoms with Crippen LogP contribution in [0.15, 0.2) is 51.7 Å². The summed E-state index contributed by atoms with van der Waals surface area (Å²) in [6.45, 7) is 7.17. The second kappa shape index (κ2) is 10.4. The fourth-order valence-electron chi connectivity index (χ4n) is 4.03. The first kappa shape index (κ1) is 22.7. The second-order valence-electron chi connectivity index (χ2n) is 7.33. The highest BCUT2D eigenvalue weighted by molar-refractivity contribution is 5.89. The molecule has 0 radical (unpaired) electrons. The highest BCUT2D eigenvalue weighted by Gasteiger charge is 2.26. The van der Waals surface area contributed by atoms with E-state index in [2.05, 4.69) is 30.9 Å². The minimum Gasteiger partial charge on any atom is -0.497 e. The fraction of sp³-hybridized carbons (Fsp3) is 0.400. The fourth-order valence-corrected chi connectivity index (χ4v) is 4.03. The second-order valence-corrected chi connectivity index (χ2v) is 7.33. The molecule has 0 fully saturated rings. The van der Waals surface area contributed by atoms with E-state index in [1.807, 2.05) is 18.2 Å². The van der Waals surface area contributed by atoms with Gasteiger partial charge in [0.15, 0.2) is 0 Å². The van der Waals surface area contributed by atoms with Gasteiger partial charge in [0.2, 0.25) is 0 Å². The van der Waals surface area contributed by atoms with Gasteiger partial charge in [-0.1, -0.05) is 26.0 Å². The van der Waals surface area contributed by atoms with E-state index < -0.39 is 5.63 Å². The predicted octanol–water partition coefficient (Wildman–Crippen LogP) is 4.68. The van der Waals surface area contributed by atoms with Crippen LogP contribution in [-0.2, 0) is 0 Å². The molecule has 0 saturated heterocycles. The quantitative estimate of drug-likeness (QED) is 0.440. The molecule has 0 aliphatic heterocycles. The Morgan fingerprint density at radius 2 is 1.58 bits per heavy atom. The topological polar surface area (TPSA) is 61.1 Å². The van der Waals surface area contributed by atoms with Crippen LogP contribution in [0.2, 0.25) is 0 Å². The van der Waals surface area contributed by atoms with Crippen molar-refractivity contribution in [2.45, 2.75) is 26.2 Å². The van der Waals surface area contributed by atoms with Crippen LogP contribution >= 0.6 is 0 Å². The lowest BCUT2D eigenvalue weighted by Crippen LogP contribution is -2.25. The van der Waals surface area contributed by atoms with E-state index in [0.29, 0.717) is 17.1 Å². The maximum Gasteiger partial charge on any atom is 0.336 e. The van der Waals surface area contributed by atoms with Crippen LogP contribution in [0, 0.1) is 0 Å². The SMILES string of the molecule is CCN(CC)CC[C@H](c1ccc(OC)cc1)c1c(OC)cc(OC)c2ccc(=O)oc12. The average Bonchev–Trinajstić information content (AvgIpc) is 2.81. The highest BCUT2D eigenvalue weighted by atomic mass is 16.5. The van der Waals surface area contributed by atoms with Gasteiger partial charge >= 0.3 is 5.63 Å². The summed E-state index contributed by atoms with van der Waals surface area (Å²) >= 11 is 0. The molecular weight excluding hydrogens is 394 g/mol. The molecule has 6 nitrogen and oxygen atoms in total. The number of hydrogen-bond donors (Lipinski definition) is 0. The molecule has 3 aromatic rings. The molecule has 0 saturated carbocycles. The number of fused-ring (bicyclic) bond motifs is 1. The zero-order valence-electron chi connectivity index (χ0n) is 18.9. The zero-order valence-corrected chi connectivity index (χ0v) is 18.9. The first-order chi connectivity index (χ1) is 15.1. The Balaban J connectivity index is 2.23. The molecule has 0 N–H and O–H groups in total. The molecule has 0 spiro atoms. The van der Waals surface area contributed by atoms with Gasteiger partial charge < -0.3 is 23.5 Å². The number of benzene rings is 2. The Kier molecular flexibility index (Phi) is 7.58. The van der Waals surface area contributed by atoms with Gasteiger partial charge in [-0.05, 0) is 49.8 Å². The van der Waals surface area contributed by atoms with Gasteiger partial charge in [-0.3, -0.25) is 0 Å². The largest absolute Gasteiger partial charge is 0.497 e. The molecule has 0 unspecified atom stereocenters. The molecule has 2 aromatic carbocycles. The van der Waals surface area contributed by atoms with Crippen LogP contribution in [0.25, 0.3) is 11.0 Å². The normalized spacial score (nSPS) is 12.2. The molecular formula is C25H31NO5. The molecule has 0 aliphatic carbocycles. The number of rotatable bonds is 10. The lowest BCUT2D eigenvalue weighted by molar-refractivity contribution is 0.293. The molecule has 1 atom stereocenters. The lowest BCUT2D eigenvalue weighted by atomic mass is 9.86. The third-order valence-corrected chi connectivity index (χ3v) is 5.81. The summed E-state index contributed by atoms with van der Waals surface area (Å²) in [4.78, 5) is 14.5. The third-order valence-electron chi connectivity index (χ3n) is 5.81. The molecule has 0 bridgehead atoms. The number of ether oxygens (including phenoxy) is 3. The Bertz CT molecular complexity index is 1050. The van der Waals surface area contributed by atoms with Gasteiger partial charge in [0, 0.05) is 23.6 Å². The smallest absolute Gasteiger partial charge is 0.336 e. The van der Waals surface area contributed by atoms with Crippen molar-refractivity contribution in [2.75, 3.05) is 41.0 Å². The Morgan fingerprint density at radius 3 is 2.16 bits per heavy atom. The summed E-state index contributed by atoms with van der Waals surface area (Å²) in [5, 5.41) is 0.749. The van der Waals surface area contributed by atoms with Crippen LogP contribution in [0.3, 0.4) is 0 Å². The molecule has 1 aromatic heterocycles. The van der Waals surface area contributed by atoms with Crippen molar-refractivity contribution in [1.29, 1.82) is 0 Å². The molecule has 0 aliphatic rings. The summed E-state index contributed by atoms with van der Waals surface area (Å²) in [5.41, 5.74) is 2.06. The summed E-state index contributed by atoms with van der Waals surface area (Å²) in [5.74, 6) is 2.00. The van der Waals surface area contributed by atoms with Crippen molar-refractivity contribution in [3.63, 3.8) is 0 Å². The lowest BCUT2D eigenvalue weighted by Gasteiger charge is -2.25. The van der Waals surface area contributed by atoms with E-state index in [0.717, 1.165) is 48.3 Å². The van der Waals surface area contributed by atoms with Crippen molar-refractivity contribution in [3.8, 4) is 17.2 Å². The average molecular weight is 426 g/mol. The summed E-state index contributed by atoms with van der Waals surface area (Å²) in [6.07, 6.45) is 0.838. The van der Waals surface area contributed by atoms with Gasteiger partial charge in [0.25, 0.3) is 0 Å². The van der Waals surface area contributed by atoms with Gasteiger partial charge in [-0.25, -0.2) is 4.79 Å². The summed E-state index contributed by atoms with van der Waals surface area (Å²) < 4.78 is 22.4. The van der Waals surface area contributed by atoms with E-state index in [4.69, 9.17) is 18.6 Å². The van der Waals surface area contributed by atoms with Gasteiger partial charge in [0.05, 0.1) is 26.7 Å². The molecule has 166 valence electrons. The van der Waals surface area contributed by atoms with Crippen molar-refractivity contribution in [1.82, 2.24) is 4.90 Å². The van der Waals surface area contributed by atoms with Crippen LogP contribution in [0.1, 0.15) is 37.3 Å². The number of hydrogen-bond acceptors (Lipinski definition) is 6. The third kappa shape index (κ3) is 4.85. The van der Waals surface area contributed by atoms with E-state index in [1.54, 1.807) is 27.4 Å². The first-order valence-corrected chi connectivity index (χ1v) is 10.6. The summed E-state index contributed by atoms with van der Waals surface area (Å²) in [7, 11) is 4.88. The molecule has 0 amide bonds. The van der Waals surface area contributed by atoms with Gasteiger partial charge in [0.1, 0.15) is 22.8 Å². The van der Waals surface area contributed by atoms with Crippen molar-refractivity contribution in [2.24, 2.45) is 0 Å². The zero-order chi connectivity index (χ0) is 22.4. The van der Waals surface area contributed by atoms with Crippen LogP contribution in [-0.4, -0.2) is 45.9 Å². The number of methoxy groups -OCH3 is 3. The molecule has 1 heterocycles. The molecule has 3 rings (SSSR count).